The van der Waals surface area contributed by atoms with Crippen LogP contribution in [-0.4, -0.2) is 48.3 Å². The van der Waals surface area contributed by atoms with Crippen LogP contribution in [0.1, 0.15) is 37.4 Å². The van der Waals surface area contributed by atoms with Crippen molar-refractivity contribution in [2.24, 2.45) is 0 Å². The van der Waals surface area contributed by atoms with Gasteiger partial charge in [0.1, 0.15) is 10.8 Å². The molecule has 1 saturated heterocycles. The Morgan fingerprint density at radius 3 is 2.69 bits per heavy atom. The highest BCUT2D eigenvalue weighted by Crippen LogP contribution is 2.33. The lowest BCUT2D eigenvalue weighted by atomic mass is 10.0. The van der Waals surface area contributed by atoms with Crippen LogP contribution in [0.2, 0.25) is 0 Å². The molecule has 26 heavy (non-hydrogen) atoms. The number of aromatic nitrogens is 1. The first-order valence-electron chi connectivity index (χ1n) is 9.17. The first-order valence-corrected chi connectivity index (χ1v) is 9.98. The first-order chi connectivity index (χ1) is 12.4. The molecule has 0 radical (unpaired) electrons. The van der Waals surface area contributed by atoms with Crippen LogP contribution in [0.4, 0.5) is 4.39 Å². The number of nitrogens with zero attached hydrogens (tertiary/aromatic N) is 2. The van der Waals surface area contributed by atoms with E-state index in [0.717, 1.165) is 43.5 Å². The van der Waals surface area contributed by atoms with Crippen molar-refractivity contribution in [1.82, 2.24) is 15.2 Å². The third-order valence-electron chi connectivity index (χ3n) is 5.04. The second-order valence-electron chi connectivity index (χ2n) is 7.46. The highest BCUT2D eigenvalue weighted by molar-refractivity contribution is 7.15. The Morgan fingerprint density at radius 1 is 1.31 bits per heavy atom. The molecule has 3 rings (SSSR count). The summed E-state index contributed by atoms with van der Waals surface area (Å²) >= 11 is 1.57. The second kappa shape index (κ2) is 8.13. The Labute approximate surface area is 159 Å². The van der Waals surface area contributed by atoms with Crippen molar-refractivity contribution in [1.29, 1.82) is 0 Å². The van der Waals surface area contributed by atoms with E-state index in [2.05, 4.69) is 36.0 Å². The van der Waals surface area contributed by atoms with Crippen LogP contribution in [0.3, 0.4) is 0 Å². The number of hydrogen-bond donors (Lipinski definition) is 1. The van der Waals surface area contributed by atoms with Crippen molar-refractivity contribution < 1.29 is 9.13 Å². The Hall–Kier alpha value is -1.34. The van der Waals surface area contributed by atoms with Gasteiger partial charge in [0.25, 0.3) is 0 Å². The van der Waals surface area contributed by atoms with Gasteiger partial charge in [-0.25, -0.2) is 9.37 Å². The Balaban J connectivity index is 1.68. The van der Waals surface area contributed by atoms with Crippen molar-refractivity contribution in [3.05, 3.63) is 40.7 Å². The molecule has 1 fully saturated rings. The van der Waals surface area contributed by atoms with Gasteiger partial charge < -0.3 is 10.1 Å². The van der Waals surface area contributed by atoms with E-state index in [0.29, 0.717) is 5.56 Å². The summed E-state index contributed by atoms with van der Waals surface area (Å²) in [6.45, 7) is 13.1. The van der Waals surface area contributed by atoms with Crippen LogP contribution in [0.15, 0.2) is 24.3 Å². The van der Waals surface area contributed by atoms with Crippen molar-refractivity contribution >= 4 is 11.3 Å². The Kier molecular flexibility index (Phi) is 6.07. The molecule has 0 saturated carbocycles. The molecule has 4 nitrogen and oxygen atoms in total. The van der Waals surface area contributed by atoms with E-state index in [1.165, 1.54) is 10.9 Å². The number of hydrogen-bond acceptors (Lipinski definition) is 5. The molecule has 1 aromatic carbocycles. The fourth-order valence-corrected chi connectivity index (χ4v) is 4.46. The number of nitrogens with one attached hydrogen (secondary N) is 1. The maximum atomic E-state index is 14.1. The molecule has 6 heteroatoms. The Morgan fingerprint density at radius 2 is 2.00 bits per heavy atom. The molecule has 1 atom stereocenters. The number of ether oxygens (including phenoxy) is 1. The predicted octanol–water partition coefficient (Wildman–Crippen LogP) is 4.02. The number of rotatable bonds is 6. The van der Waals surface area contributed by atoms with Gasteiger partial charge in [-0.05, 0) is 39.8 Å². The molecule has 0 spiro atoms. The summed E-state index contributed by atoms with van der Waals surface area (Å²) in [6, 6.07) is 7.00. The number of halogens is 1. The van der Waals surface area contributed by atoms with Gasteiger partial charge >= 0.3 is 0 Å². The van der Waals surface area contributed by atoms with Gasteiger partial charge in [-0.3, -0.25) is 4.90 Å². The third kappa shape index (κ3) is 4.31. The van der Waals surface area contributed by atoms with E-state index in [-0.39, 0.29) is 17.4 Å². The third-order valence-corrected chi connectivity index (χ3v) is 6.41. The largest absolute Gasteiger partial charge is 0.379 e. The fraction of sp³-hybridized carbons (Fsp3) is 0.550. The van der Waals surface area contributed by atoms with E-state index in [1.54, 1.807) is 23.5 Å². The smallest absolute Gasteiger partial charge is 0.133 e. The minimum Gasteiger partial charge on any atom is -0.379 e. The minimum absolute atomic E-state index is 0.0605. The average molecular weight is 378 g/mol. The summed E-state index contributed by atoms with van der Waals surface area (Å²) in [4.78, 5) is 8.25. The van der Waals surface area contributed by atoms with Gasteiger partial charge in [-0.2, -0.15) is 0 Å². The molecule has 1 unspecified atom stereocenters. The molecule has 1 aliphatic rings. The summed E-state index contributed by atoms with van der Waals surface area (Å²) in [5.41, 5.74) is 1.61. The molecular weight excluding hydrogens is 349 g/mol. The molecule has 0 bridgehead atoms. The van der Waals surface area contributed by atoms with E-state index >= 15 is 0 Å². The van der Waals surface area contributed by atoms with Gasteiger partial charge in [-0.1, -0.05) is 12.1 Å². The molecule has 1 aromatic heterocycles. The number of thiazole rings is 1. The van der Waals surface area contributed by atoms with Crippen LogP contribution < -0.4 is 5.32 Å². The quantitative estimate of drug-likeness (QED) is 0.825. The van der Waals surface area contributed by atoms with Crippen LogP contribution >= 0.6 is 11.3 Å². The molecule has 1 N–H and O–H groups in total. The van der Waals surface area contributed by atoms with Crippen molar-refractivity contribution in [3.8, 4) is 10.6 Å². The van der Waals surface area contributed by atoms with Gasteiger partial charge in [0.05, 0.1) is 18.9 Å². The van der Waals surface area contributed by atoms with E-state index in [1.807, 2.05) is 13.0 Å². The monoisotopic (exact) mass is 377 g/mol. The lowest BCUT2D eigenvalue weighted by Crippen LogP contribution is -2.54. The van der Waals surface area contributed by atoms with Gasteiger partial charge in [0.15, 0.2) is 0 Å². The molecule has 2 aromatic rings. The van der Waals surface area contributed by atoms with Crippen LogP contribution in [-0.2, 0) is 4.74 Å². The molecule has 0 amide bonds. The lowest BCUT2D eigenvalue weighted by Gasteiger charge is -2.41. The average Bonchev–Trinajstić information content (AvgIpc) is 3.02. The van der Waals surface area contributed by atoms with Crippen LogP contribution in [0, 0.1) is 12.7 Å². The highest BCUT2D eigenvalue weighted by atomic mass is 32.1. The lowest BCUT2D eigenvalue weighted by molar-refractivity contribution is -0.0102. The summed E-state index contributed by atoms with van der Waals surface area (Å²) in [6.07, 6.45) is 0. The van der Waals surface area contributed by atoms with Crippen LogP contribution in [0.5, 0.6) is 0 Å². The number of morpholine rings is 1. The summed E-state index contributed by atoms with van der Waals surface area (Å²) in [5.74, 6) is -0.220. The van der Waals surface area contributed by atoms with E-state index in [9.17, 15) is 4.39 Å². The fourth-order valence-electron chi connectivity index (χ4n) is 3.34. The van der Waals surface area contributed by atoms with E-state index < -0.39 is 0 Å². The summed E-state index contributed by atoms with van der Waals surface area (Å²) in [7, 11) is 0. The zero-order valence-corrected chi connectivity index (χ0v) is 16.8. The topological polar surface area (TPSA) is 37.4 Å². The van der Waals surface area contributed by atoms with Gasteiger partial charge in [-0.15, -0.1) is 11.3 Å². The predicted molar refractivity (Wildman–Crippen MR) is 105 cm³/mol. The van der Waals surface area contributed by atoms with Gasteiger partial charge in [0, 0.05) is 41.7 Å². The molecular formula is C20H28FN3OS. The number of aryl methyl sites for hydroxylation is 1. The van der Waals surface area contributed by atoms with Crippen molar-refractivity contribution in [2.45, 2.75) is 39.3 Å². The van der Waals surface area contributed by atoms with Crippen molar-refractivity contribution in [2.75, 3.05) is 32.8 Å². The zero-order valence-electron chi connectivity index (χ0n) is 16.0. The SMILES string of the molecule is Cc1nc(-c2ccccc2F)sc1C(C)NCC(C)(C)N1CCOCC1. The number of benzene rings is 1. The van der Waals surface area contributed by atoms with Gasteiger partial charge in [0.2, 0.25) is 0 Å². The zero-order chi connectivity index (χ0) is 18.7. The maximum Gasteiger partial charge on any atom is 0.133 e. The normalized spacial score (nSPS) is 17.4. The first kappa shape index (κ1) is 19.4. The molecule has 0 aliphatic carbocycles. The highest BCUT2D eigenvalue weighted by Gasteiger charge is 2.29. The Bertz CT molecular complexity index is 740. The minimum atomic E-state index is -0.220. The van der Waals surface area contributed by atoms with Crippen molar-refractivity contribution in [3.63, 3.8) is 0 Å². The molecule has 2 heterocycles. The maximum absolute atomic E-state index is 14.1. The molecule has 142 valence electrons. The van der Waals surface area contributed by atoms with Crippen LogP contribution in [0.25, 0.3) is 10.6 Å². The standard InChI is InChI=1S/C20H28FN3OS/c1-14(22-13-20(3,4)24-9-11-25-12-10-24)18-15(2)23-19(26-18)16-7-5-6-8-17(16)21/h5-8,14,22H,9-13H2,1-4H3. The molecule has 1 aliphatic heterocycles. The summed E-state index contributed by atoms with van der Waals surface area (Å²) < 4.78 is 19.5. The summed E-state index contributed by atoms with van der Waals surface area (Å²) in [5, 5.41) is 4.40. The second-order valence-corrected chi connectivity index (χ2v) is 8.49. The van der Waals surface area contributed by atoms with E-state index in [4.69, 9.17) is 4.74 Å².